The van der Waals surface area contributed by atoms with Gasteiger partial charge in [-0.2, -0.15) is 0 Å². The first-order valence-corrected chi connectivity index (χ1v) is 16.5. The number of aliphatic hydroxyl groups is 1. The van der Waals surface area contributed by atoms with Crippen LogP contribution in [0.25, 0.3) is 6.08 Å². The highest BCUT2D eigenvalue weighted by Gasteiger charge is 2.50. The molecule has 5 rings (SSSR count). The molecular weight excluding hydrogens is 671 g/mol. The molecule has 17 heteroatoms. The Morgan fingerprint density at radius 2 is 1.82 bits per heavy atom. The number of rotatable bonds is 3. The van der Waals surface area contributed by atoms with Crippen molar-refractivity contribution in [3.63, 3.8) is 0 Å². The van der Waals surface area contributed by atoms with Gasteiger partial charge in [0.15, 0.2) is 0 Å². The standard InChI is InChI=1S/C22H30IN3O11P2/c1-3-13-18-12(6-5-7-25-22(18)24-4-2)9-26(13)17-8-14-15(34-17)10-32-39(30,31)37-20-19(27)16(35-21(20)23)11-33-38(28,29)36-14/h3-4,9,14-17,19-21,27H,1-2,5-8,10-11H2,(H,24,25)(H,28,29)(H,30,31)/t14-,15+,16+,17+,19+,20+,21+/m0/s1. The largest absolute Gasteiger partial charge is 0.472 e. The van der Waals surface area contributed by atoms with Crippen molar-refractivity contribution in [3.8, 4) is 0 Å². The van der Waals surface area contributed by atoms with Crippen LogP contribution in [0.3, 0.4) is 0 Å². The third-order valence-corrected chi connectivity index (χ3v) is 9.79. The number of nitrogens with one attached hydrogen (secondary N) is 1. The van der Waals surface area contributed by atoms with Crippen LogP contribution in [-0.2, 0) is 43.1 Å². The number of fused-ring (bicyclic) bond motifs is 4. The number of nitrogens with zero attached hydrogens (tertiary/aromatic N) is 2. The van der Waals surface area contributed by atoms with Crippen molar-refractivity contribution in [2.45, 2.75) is 60.1 Å². The first-order valence-electron chi connectivity index (χ1n) is 12.2. The van der Waals surface area contributed by atoms with Crippen LogP contribution in [-0.4, -0.2) is 79.7 Å². The highest BCUT2D eigenvalue weighted by atomic mass is 127. The van der Waals surface area contributed by atoms with Crippen molar-refractivity contribution < 1.29 is 51.6 Å². The quantitative estimate of drug-likeness (QED) is 0.206. The lowest BCUT2D eigenvalue weighted by Crippen LogP contribution is -2.35. The minimum atomic E-state index is -4.70. The smallest absolute Gasteiger partial charge is 0.387 e. The number of aromatic nitrogens is 1. The van der Waals surface area contributed by atoms with Crippen molar-refractivity contribution in [2.24, 2.45) is 4.99 Å². The molecule has 2 bridgehead atoms. The van der Waals surface area contributed by atoms with Gasteiger partial charge in [-0.3, -0.25) is 23.1 Å². The van der Waals surface area contributed by atoms with Gasteiger partial charge in [0, 0.05) is 24.7 Å². The van der Waals surface area contributed by atoms with Gasteiger partial charge in [0.1, 0.15) is 46.7 Å². The van der Waals surface area contributed by atoms with Gasteiger partial charge in [-0.05, 0) is 53.3 Å². The Morgan fingerprint density at radius 3 is 2.54 bits per heavy atom. The second kappa shape index (κ2) is 11.7. The number of aryl methyl sites for hydroxylation is 1. The summed E-state index contributed by atoms with van der Waals surface area (Å²) < 4.78 is 59.2. The topological polar surface area (TPSA) is 180 Å². The second-order valence-electron chi connectivity index (χ2n) is 9.33. The summed E-state index contributed by atoms with van der Waals surface area (Å²) in [5.41, 5.74) is 2.55. The Balaban J connectivity index is 1.44. The minimum Gasteiger partial charge on any atom is -0.387 e. The van der Waals surface area contributed by atoms with E-state index in [1.165, 1.54) is 0 Å². The molecule has 1 aromatic rings. The molecular formula is C22H30IN3O11P2. The maximum atomic E-state index is 12.9. The number of phosphoric ester groups is 2. The zero-order chi connectivity index (χ0) is 27.9. The number of aliphatic imine (C=N–C) groups is 1. The van der Waals surface area contributed by atoms with E-state index in [9.17, 15) is 24.0 Å². The predicted molar refractivity (Wildman–Crippen MR) is 146 cm³/mol. The lowest BCUT2D eigenvalue weighted by molar-refractivity contribution is -0.0493. The van der Waals surface area contributed by atoms with Gasteiger partial charge in [0.25, 0.3) is 0 Å². The lowest BCUT2D eigenvalue weighted by Gasteiger charge is -2.23. The average molecular weight is 701 g/mol. The van der Waals surface area contributed by atoms with Gasteiger partial charge in [-0.15, -0.1) is 0 Å². The minimum absolute atomic E-state index is 0.0787. The molecule has 39 heavy (non-hydrogen) atoms. The molecule has 0 amide bonds. The van der Waals surface area contributed by atoms with Gasteiger partial charge in [0.05, 0.1) is 18.9 Å². The first kappa shape index (κ1) is 29.5. The SMILES string of the molecule is C=CNC1=NCCCc2cn([C@H]3C[C@@H]4OP(=O)(O)OC[C@H]5O[C@@H](I)[C@H](OP(=O)(O)OC[C@H]4O3)[C@@H]5O)c(C=C)c21. The molecule has 9 atom stereocenters. The first-order chi connectivity index (χ1) is 18.5. The number of halogens is 1. The normalized spacial score (nSPS) is 41.1. The van der Waals surface area contributed by atoms with Crippen LogP contribution in [0.4, 0.5) is 0 Å². The van der Waals surface area contributed by atoms with Crippen LogP contribution in [0.5, 0.6) is 0 Å². The summed E-state index contributed by atoms with van der Waals surface area (Å²) >= 11 is 1.77. The van der Waals surface area contributed by atoms with E-state index in [2.05, 4.69) is 23.5 Å². The molecule has 4 N–H and O–H groups in total. The Kier molecular flexibility index (Phi) is 8.90. The van der Waals surface area contributed by atoms with Crippen LogP contribution in [0.2, 0.25) is 0 Å². The molecule has 0 radical (unpaired) electrons. The van der Waals surface area contributed by atoms with Gasteiger partial charge in [0.2, 0.25) is 0 Å². The maximum Gasteiger partial charge on any atom is 0.472 e. The van der Waals surface area contributed by atoms with Crippen molar-refractivity contribution in [1.29, 1.82) is 0 Å². The highest BCUT2D eigenvalue weighted by Crippen LogP contribution is 2.53. The molecule has 3 fully saturated rings. The monoisotopic (exact) mass is 701 g/mol. The van der Waals surface area contributed by atoms with E-state index >= 15 is 0 Å². The predicted octanol–water partition coefficient (Wildman–Crippen LogP) is 2.38. The van der Waals surface area contributed by atoms with Gasteiger partial charge < -0.3 is 34.3 Å². The third kappa shape index (κ3) is 6.30. The molecule has 5 heterocycles. The van der Waals surface area contributed by atoms with E-state index in [1.54, 1.807) is 34.9 Å². The van der Waals surface area contributed by atoms with E-state index in [1.807, 2.05) is 10.8 Å². The van der Waals surface area contributed by atoms with Crippen LogP contribution in [0.1, 0.15) is 35.9 Å². The average Bonchev–Trinajstić information content (AvgIpc) is 3.47. The van der Waals surface area contributed by atoms with E-state index in [0.717, 1.165) is 24.0 Å². The summed E-state index contributed by atoms with van der Waals surface area (Å²) in [4.78, 5) is 25.4. The number of aliphatic hydroxyl groups excluding tert-OH is 1. The number of alkyl halides is 1. The fourth-order valence-electron chi connectivity index (χ4n) is 5.05. The Bertz CT molecular complexity index is 1240. The molecule has 0 aromatic carbocycles. The summed E-state index contributed by atoms with van der Waals surface area (Å²) in [7, 11) is -9.37. The van der Waals surface area contributed by atoms with Crippen LogP contribution in [0.15, 0.2) is 30.5 Å². The number of phosphoric acid groups is 2. The van der Waals surface area contributed by atoms with Gasteiger partial charge >= 0.3 is 15.6 Å². The number of hydrogen-bond donors (Lipinski definition) is 4. The van der Waals surface area contributed by atoms with Crippen LogP contribution in [0, 0.1) is 0 Å². The summed E-state index contributed by atoms with van der Waals surface area (Å²) in [6.07, 6.45) is 0.210. The van der Waals surface area contributed by atoms with E-state index < -0.39 is 69.7 Å². The molecule has 3 saturated heterocycles. The Morgan fingerprint density at radius 1 is 1.10 bits per heavy atom. The highest BCUT2D eigenvalue weighted by molar-refractivity contribution is 14.1. The van der Waals surface area contributed by atoms with E-state index in [0.29, 0.717) is 18.1 Å². The summed E-state index contributed by atoms with van der Waals surface area (Å²) in [5.74, 6) is 0.644. The molecule has 216 valence electrons. The van der Waals surface area contributed by atoms with Crippen LogP contribution < -0.4 is 5.32 Å². The number of hydrogen-bond acceptors (Lipinski definition) is 11. The van der Waals surface area contributed by atoms with E-state index in [-0.39, 0.29) is 6.42 Å². The van der Waals surface area contributed by atoms with Gasteiger partial charge in [-0.1, -0.05) is 13.2 Å². The number of ether oxygens (including phenoxy) is 2. The lowest BCUT2D eigenvalue weighted by atomic mass is 10.1. The molecule has 4 aliphatic rings. The van der Waals surface area contributed by atoms with E-state index in [4.69, 9.17) is 27.6 Å². The van der Waals surface area contributed by atoms with Crippen molar-refractivity contribution in [2.75, 3.05) is 19.8 Å². The summed E-state index contributed by atoms with van der Waals surface area (Å²) in [5, 5.41) is 13.5. The third-order valence-electron chi connectivity index (χ3n) is 6.79. The second-order valence-corrected chi connectivity index (χ2v) is 13.4. The molecule has 0 saturated carbocycles. The molecule has 0 aliphatic carbocycles. The summed E-state index contributed by atoms with van der Waals surface area (Å²) in [6, 6.07) is 0. The Labute approximate surface area is 238 Å². The van der Waals surface area contributed by atoms with Crippen molar-refractivity contribution >= 4 is 50.1 Å². The van der Waals surface area contributed by atoms with Crippen molar-refractivity contribution in [3.05, 3.63) is 42.4 Å². The zero-order valence-corrected chi connectivity index (χ0v) is 24.7. The zero-order valence-electron chi connectivity index (χ0n) is 20.7. The molecule has 2 unspecified atom stereocenters. The van der Waals surface area contributed by atoms with Crippen LogP contribution >= 0.6 is 38.2 Å². The Hall–Kier alpha value is -0.940. The number of amidine groups is 1. The maximum absolute atomic E-state index is 12.9. The fraction of sp³-hybridized carbons (Fsp3) is 0.591. The molecule has 0 spiro atoms. The van der Waals surface area contributed by atoms with Crippen molar-refractivity contribution in [1.82, 2.24) is 9.88 Å². The molecule has 14 nitrogen and oxygen atoms in total. The van der Waals surface area contributed by atoms with Gasteiger partial charge in [-0.25, -0.2) is 9.13 Å². The molecule has 1 aromatic heterocycles. The summed E-state index contributed by atoms with van der Waals surface area (Å²) in [6.45, 7) is 7.30. The molecule has 4 aliphatic heterocycles. The fourth-order valence-corrected chi connectivity index (χ4v) is 8.13.